The Morgan fingerprint density at radius 3 is 1.93 bits per heavy atom. The fraction of sp³-hybridized carbons (Fsp3) is 0.0909. The summed E-state index contributed by atoms with van der Waals surface area (Å²) in [5, 5.41) is 17.2. The van der Waals surface area contributed by atoms with Crippen LogP contribution in [-0.2, 0) is 9.59 Å². The lowest BCUT2D eigenvalue weighted by atomic mass is 10.1. The summed E-state index contributed by atoms with van der Waals surface area (Å²) in [7, 11) is 0. The van der Waals surface area contributed by atoms with Crippen molar-refractivity contribution in [3.63, 3.8) is 0 Å². The molecule has 0 aliphatic heterocycles. The Morgan fingerprint density at radius 1 is 1.07 bits per heavy atom. The molecule has 0 spiro atoms. The van der Waals surface area contributed by atoms with Gasteiger partial charge in [0.25, 0.3) is 0 Å². The molecule has 1 rings (SSSR count). The highest BCUT2D eigenvalue weighted by molar-refractivity contribution is 6.16. The summed E-state index contributed by atoms with van der Waals surface area (Å²) in [5.74, 6) is -2.88. The number of hydrogen-bond acceptors (Lipinski definition) is 2. The van der Waals surface area contributed by atoms with Crippen molar-refractivity contribution in [1.29, 1.82) is 0 Å². The van der Waals surface area contributed by atoms with Crippen molar-refractivity contribution in [3.8, 4) is 0 Å². The monoisotopic (exact) mass is 206 g/mol. The SMILES string of the molecule is Cc1ccc(C=C(C(=O)O)C(=O)O)cc1. The van der Waals surface area contributed by atoms with Crippen molar-refractivity contribution in [3.05, 3.63) is 41.0 Å². The first-order valence-electron chi connectivity index (χ1n) is 4.25. The molecule has 0 saturated carbocycles. The fourth-order valence-electron chi connectivity index (χ4n) is 1.04. The van der Waals surface area contributed by atoms with Crippen LogP contribution in [0.2, 0.25) is 0 Å². The predicted molar refractivity (Wildman–Crippen MR) is 54.4 cm³/mol. The van der Waals surface area contributed by atoms with Crippen molar-refractivity contribution in [2.24, 2.45) is 0 Å². The van der Waals surface area contributed by atoms with Crippen LogP contribution in [0.1, 0.15) is 11.1 Å². The minimum atomic E-state index is -1.44. The topological polar surface area (TPSA) is 74.6 Å². The van der Waals surface area contributed by atoms with Gasteiger partial charge in [-0.2, -0.15) is 0 Å². The maximum absolute atomic E-state index is 10.6. The van der Waals surface area contributed by atoms with E-state index in [4.69, 9.17) is 10.2 Å². The molecule has 0 amide bonds. The van der Waals surface area contributed by atoms with Crippen molar-refractivity contribution in [2.45, 2.75) is 6.92 Å². The number of benzene rings is 1. The van der Waals surface area contributed by atoms with Crippen molar-refractivity contribution < 1.29 is 19.8 Å². The van der Waals surface area contributed by atoms with E-state index in [1.165, 1.54) is 0 Å². The number of aryl methyl sites for hydroxylation is 1. The van der Waals surface area contributed by atoms with Gasteiger partial charge in [0.1, 0.15) is 5.57 Å². The van der Waals surface area contributed by atoms with Gasteiger partial charge in [0.15, 0.2) is 0 Å². The third-order valence-electron chi connectivity index (χ3n) is 1.85. The second kappa shape index (κ2) is 4.41. The molecule has 0 fully saturated rings. The molecule has 0 bridgehead atoms. The van der Waals surface area contributed by atoms with E-state index < -0.39 is 17.5 Å². The number of carbonyl (C=O) groups is 2. The molecule has 0 radical (unpaired) electrons. The summed E-state index contributed by atoms with van der Waals surface area (Å²) < 4.78 is 0. The van der Waals surface area contributed by atoms with Crippen LogP contribution in [-0.4, -0.2) is 22.2 Å². The van der Waals surface area contributed by atoms with Crippen molar-refractivity contribution in [2.75, 3.05) is 0 Å². The minimum Gasteiger partial charge on any atom is -0.477 e. The zero-order chi connectivity index (χ0) is 11.4. The van der Waals surface area contributed by atoms with Gasteiger partial charge < -0.3 is 10.2 Å². The van der Waals surface area contributed by atoms with Crippen LogP contribution in [0.3, 0.4) is 0 Å². The number of hydrogen-bond donors (Lipinski definition) is 2. The maximum Gasteiger partial charge on any atom is 0.343 e. The lowest BCUT2D eigenvalue weighted by molar-refractivity contribution is -0.139. The predicted octanol–water partition coefficient (Wildman–Crippen LogP) is 1.55. The van der Waals surface area contributed by atoms with Gasteiger partial charge >= 0.3 is 11.9 Å². The Kier molecular flexibility index (Phi) is 3.23. The van der Waals surface area contributed by atoms with E-state index in [2.05, 4.69) is 0 Å². The van der Waals surface area contributed by atoms with Crippen LogP contribution in [0.4, 0.5) is 0 Å². The molecule has 0 aromatic heterocycles. The quantitative estimate of drug-likeness (QED) is 0.447. The molecule has 78 valence electrons. The molecule has 0 aliphatic rings. The molecule has 15 heavy (non-hydrogen) atoms. The van der Waals surface area contributed by atoms with E-state index in [0.717, 1.165) is 11.6 Å². The number of carboxylic acids is 2. The molecular weight excluding hydrogens is 196 g/mol. The van der Waals surface area contributed by atoms with E-state index >= 15 is 0 Å². The standard InChI is InChI=1S/C11H10O4/c1-7-2-4-8(5-3-7)6-9(10(12)13)11(14)15/h2-6H,1H3,(H,12,13)(H,14,15). The molecule has 4 nitrogen and oxygen atoms in total. The molecule has 1 aromatic carbocycles. The maximum atomic E-state index is 10.6. The van der Waals surface area contributed by atoms with Gasteiger partial charge in [0.05, 0.1) is 0 Å². The third-order valence-corrected chi connectivity index (χ3v) is 1.85. The lowest BCUT2D eigenvalue weighted by Gasteiger charge is -1.97. The molecule has 1 aromatic rings. The highest BCUT2D eigenvalue weighted by Gasteiger charge is 2.15. The van der Waals surface area contributed by atoms with Crippen molar-refractivity contribution >= 4 is 18.0 Å². The molecule has 0 saturated heterocycles. The highest BCUT2D eigenvalue weighted by Crippen LogP contribution is 2.09. The summed E-state index contributed by atoms with van der Waals surface area (Å²) in [6, 6.07) is 6.91. The van der Waals surface area contributed by atoms with Gasteiger partial charge in [-0.05, 0) is 18.6 Å². The van der Waals surface area contributed by atoms with E-state index in [1.54, 1.807) is 24.3 Å². The lowest BCUT2D eigenvalue weighted by Crippen LogP contribution is -2.10. The van der Waals surface area contributed by atoms with Gasteiger partial charge in [-0.15, -0.1) is 0 Å². The molecule has 0 unspecified atom stereocenters. The van der Waals surface area contributed by atoms with Crippen LogP contribution in [0.15, 0.2) is 29.8 Å². The summed E-state index contributed by atoms with van der Waals surface area (Å²) >= 11 is 0. The van der Waals surface area contributed by atoms with E-state index in [-0.39, 0.29) is 0 Å². The zero-order valence-corrected chi connectivity index (χ0v) is 8.10. The van der Waals surface area contributed by atoms with Crippen LogP contribution in [0.25, 0.3) is 6.08 Å². The molecule has 2 N–H and O–H groups in total. The Balaban J connectivity index is 3.08. The first kappa shape index (κ1) is 11.0. The minimum absolute atomic E-state index is 0.556. The number of carboxylic acid groups (broad SMARTS) is 2. The van der Waals surface area contributed by atoms with Crippen LogP contribution in [0.5, 0.6) is 0 Å². The Labute approximate surface area is 86.5 Å². The molecule has 0 aliphatic carbocycles. The summed E-state index contributed by atoms with van der Waals surface area (Å²) in [6.45, 7) is 1.89. The fourth-order valence-corrected chi connectivity index (χ4v) is 1.04. The van der Waals surface area contributed by atoms with Gasteiger partial charge in [0, 0.05) is 0 Å². The zero-order valence-electron chi connectivity index (χ0n) is 8.10. The smallest absolute Gasteiger partial charge is 0.343 e. The van der Waals surface area contributed by atoms with Gasteiger partial charge in [0.2, 0.25) is 0 Å². The second-order valence-corrected chi connectivity index (χ2v) is 3.08. The third kappa shape index (κ3) is 2.95. The van der Waals surface area contributed by atoms with E-state index in [9.17, 15) is 9.59 Å². The molecular formula is C11H10O4. The number of aliphatic carboxylic acids is 2. The first-order chi connectivity index (χ1) is 7.00. The van der Waals surface area contributed by atoms with Crippen LogP contribution >= 0.6 is 0 Å². The second-order valence-electron chi connectivity index (χ2n) is 3.08. The Hall–Kier alpha value is -2.10. The first-order valence-corrected chi connectivity index (χ1v) is 4.25. The normalized spacial score (nSPS) is 9.40. The Bertz CT molecular complexity index is 399. The van der Waals surface area contributed by atoms with E-state index in [1.807, 2.05) is 6.92 Å². The van der Waals surface area contributed by atoms with Crippen LogP contribution in [0, 0.1) is 6.92 Å². The summed E-state index contributed by atoms with van der Waals surface area (Å²) in [5.41, 5.74) is 0.943. The van der Waals surface area contributed by atoms with E-state index in [0.29, 0.717) is 5.56 Å². The average molecular weight is 206 g/mol. The van der Waals surface area contributed by atoms with Gasteiger partial charge in [-0.3, -0.25) is 0 Å². The highest BCUT2D eigenvalue weighted by atomic mass is 16.4. The van der Waals surface area contributed by atoms with Crippen LogP contribution < -0.4 is 0 Å². The molecule has 0 atom stereocenters. The van der Waals surface area contributed by atoms with Crippen molar-refractivity contribution in [1.82, 2.24) is 0 Å². The van der Waals surface area contributed by atoms with Gasteiger partial charge in [-0.25, -0.2) is 9.59 Å². The molecule has 0 heterocycles. The van der Waals surface area contributed by atoms with Gasteiger partial charge in [-0.1, -0.05) is 29.8 Å². The Morgan fingerprint density at radius 2 is 1.53 bits per heavy atom. The summed E-state index contributed by atoms with van der Waals surface area (Å²) in [6.07, 6.45) is 1.13. The number of rotatable bonds is 3. The largest absolute Gasteiger partial charge is 0.477 e. The molecule has 4 heteroatoms. The average Bonchev–Trinajstić information content (AvgIpc) is 2.15. The summed E-state index contributed by atoms with van der Waals surface area (Å²) in [4.78, 5) is 21.1.